The normalized spacial score (nSPS) is 12.3. The summed E-state index contributed by atoms with van der Waals surface area (Å²) in [6, 6.07) is 8.44. The molecule has 1 aromatic carbocycles. The number of aryl methyl sites for hydroxylation is 1. The van der Waals surface area contributed by atoms with E-state index in [9.17, 15) is 0 Å². The molecule has 0 saturated carbocycles. The van der Waals surface area contributed by atoms with Crippen LogP contribution in [0.3, 0.4) is 0 Å². The molecule has 0 saturated heterocycles. The van der Waals surface area contributed by atoms with Gasteiger partial charge in [-0.3, -0.25) is 0 Å². The van der Waals surface area contributed by atoms with Crippen LogP contribution < -0.4 is 4.74 Å². The minimum absolute atomic E-state index is 0.264. The molecule has 0 fully saturated rings. The number of benzene rings is 1. The number of hydrogen-bond donors (Lipinski definition) is 0. The summed E-state index contributed by atoms with van der Waals surface area (Å²) in [6.07, 6.45) is 10.6. The summed E-state index contributed by atoms with van der Waals surface area (Å²) in [4.78, 5) is 0. The summed E-state index contributed by atoms with van der Waals surface area (Å²) in [7, 11) is 0. The summed E-state index contributed by atoms with van der Waals surface area (Å²) >= 11 is 5.67. The molecule has 0 bridgehead atoms. The fourth-order valence-electron chi connectivity index (χ4n) is 2.63. The van der Waals surface area contributed by atoms with E-state index >= 15 is 0 Å². The van der Waals surface area contributed by atoms with E-state index in [1.807, 2.05) is 0 Å². The van der Waals surface area contributed by atoms with Gasteiger partial charge in [0.2, 0.25) is 0 Å². The van der Waals surface area contributed by atoms with Crippen molar-refractivity contribution >= 4 is 11.6 Å². The minimum Gasteiger partial charge on any atom is -0.491 e. The third-order valence-corrected chi connectivity index (χ3v) is 4.19. The van der Waals surface area contributed by atoms with Crippen molar-refractivity contribution in [3.63, 3.8) is 0 Å². The van der Waals surface area contributed by atoms with E-state index in [4.69, 9.17) is 25.8 Å². The van der Waals surface area contributed by atoms with Crippen LogP contribution in [0.4, 0.5) is 0 Å². The lowest BCUT2D eigenvalue weighted by Crippen LogP contribution is -2.12. The summed E-state index contributed by atoms with van der Waals surface area (Å²) in [6.45, 7) is 6.21. The Kier molecular flexibility index (Phi) is 13.8. The second-order valence-electron chi connectivity index (χ2n) is 6.39. The van der Waals surface area contributed by atoms with Gasteiger partial charge in [-0.05, 0) is 37.5 Å². The number of hydrogen-bond acceptors (Lipinski definition) is 3. The Morgan fingerprint density at radius 1 is 0.840 bits per heavy atom. The fraction of sp³-hybridized carbons (Fsp3) is 0.714. The maximum Gasteiger partial charge on any atom is 0.128 e. The van der Waals surface area contributed by atoms with Crippen LogP contribution in [-0.4, -0.2) is 32.0 Å². The van der Waals surface area contributed by atoms with Gasteiger partial charge < -0.3 is 14.2 Å². The molecular formula is C21H35ClO3. The van der Waals surface area contributed by atoms with Gasteiger partial charge in [0.1, 0.15) is 17.9 Å². The number of rotatable bonds is 16. The summed E-state index contributed by atoms with van der Waals surface area (Å²) in [5.74, 6) is 0.901. The third-order valence-electron chi connectivity index (χ3n) is 4.06. The van der Waals surface area contributed by atoms with Gasteiger partial charge >= 0.3 is 0 Å². The SMILES string of the molecule is CCCCCCCCCc1ccc(OCCOCCOC(C)Cl)cc1. The molecule has 25 heavy (non-hydrogen) atoms. The van der Waals surface area contributed by atoms with Crippen molar-refractivity contribution in [1.29, 1.82) is 0 Å². The second-order valence-corrected chi connectivity index (χ2v) is 7.00. The van der Waals surface area contributed by atoms with Crippen LogP contribution in [0.25, 0.3) is 0 Å². The molecule has 1 unspecified atom stereocenters. The number of halogens is 1. The predicted octanol–water partition coefficient (Wildman–Crippen LogP) is 5.98. The lowest BCUT2D eigenvalue weighted by atomic mass is 10.0. The largest absolute Gasteiger partial charge is 0.491 e. The molecule has 4 heteroatoms. The first-order valence-electron chi connectivity index (χ1n) is 9.77. The highest BCUT2D eigenvalue weighted by molar-refractivity contribution is 6.19. The fourth-order valence-corrected chi connectivity index (χ4v) is 2.72. The molecule has 1 rings (SSSR count). The topological polar surface area (TPSA) is 27.7 Å². The quantitative estimate of drug-likeness (QED) is 0.265. The van der Waals surface area contributed by atoms with E-state index in [2.05, 4.69) is 31.2 Å². The number of unbranched alkanes of at least 4 members (excludes halogenated alkanes) is 6. The van der Waals surface area contributed by atoms with Gasteiger partial charge in [0.15, 0.2) is 0 Å². The molecule has 0 heterocycles. The van der Waals surface area contributed by atoms with E-state index in [0.717, 1.165) is 12.2 Å². The van der Waals surface area contributed by atoms with Gasteiger partial charge in [0.05, 0.1) is 19.8 Å². The maximum absolute atomic E-state index is 5.68. The molecule has 0 radical (unpaired) electrons. The molecular weight excluding hydrogens is 336 g/mol. The highest BCUT2D eigenvalue weighted by atomic mass is 35.5. The van der Waals surface area contributed by atoms with E-state index in [1.54, 1.807) is 6.92 Å². The molecule has 144 valence electrons. The Balaban J connectivity index is 2.01. The van der Waals surface area contributed by atoms with Gasteiger partial charge in [0.25, 0.3) is 0 Å². The molecule has 0 aromatic heterocycles. The van der Waals surface area contributed by atoms with E-state index in [-0.39, 0.29) is 5.56 Å². The molecule has 0 aliphatic heterocycles. The zero-order valence-electron chi connectivity index (χ0n) is 16.0. The average molecular weight is 371 g/mol. The zero-order valence-corrected chi connectivity index (χ0v) is 16.7. The van der Waals surface area contributed by atoms with Gasteiger partial charge in [-0.2, -0.15) is 0 Å². The van der Waals surface area contributed by atoms with E-state index < -0.39 is 0 Å². The van der Waals surface area contributed by atoms with Crippen molar-refractivity contribution < 1.29 is 14.2 Å². The van der Waals surface area contributed by atoms with Gasteiger partial charge in [-0.1, -0.05) is 69.2 Å². The van der Waals surface area contributed by atoms with Gasteiger partial charge in [-0.25, -0.2) is 0 Å². The Morgan fingerprint density at radius 3 is 2.16 bits per heavy atom. The lowest BCUT2D eigenvalue weighted by Gasteiger charge is -2.09. The Morgan fingerprint density at radius 2 is 1.48 bits per heavy atom. The third kappa shape index (κ3) is 13.1. The number of alkyl halides is 1. The molecule has 0 aliphatic carbocycles. The van der Waals surface area contributed by atoms with Gasteiger partial charge in [-0.15, -0.1) is 0 Å². The highest BCUT2D eigenvalue weighted by Gasteiger charge is 1.98. The smallest absolute Gasteiger partial charge is 0.128 e. The van der Waals surface area contributed by atoms with Crippen molar-refractivity contribution in [1.82, 2.24) is 0 Å². The molecule has 0 aliphatic rings. The summed E-state index contributed by atoms with van der Waals surface area (Å²) in [5, 5.41) is 0. The average Bonchev–Trinajstić information content (AvgIpc) is 2.61. The molecule has 1 aromatic rings. The molecule has 0 amide bonds. The Bertz CT molecular complexity index is 406. The highest BCUT2D eigenvalue weighted by Crippen LogP contribution is 2.15. The van der Waals surface area contributed by atoms with Crippen molar-refractivity contribution in [2.24, 2.45) is 0 Å². The van der Waals surface area contributed by atoms with Crippen LogP contribution in [0.15, 0.2) is 24.3 Å². The standard InChI is InChI=1S/C21H35ClO3/c1-3-4-5-6-7-8-9-10-20-11-13-21(14-12-20)25-18-16-23-15-17-24-19(2)22/h11-14,19H,3-10,15-18H2,1-2H3. The first-order valence-corrected chi connectivity index (χ1v) is 10.2. The summed E-state index contributed by atoms with van der Waals surface area (Å²) in [5.41, 5.74) is 1.13. The lowest BCUT2D eigenvalue weighted by molar-refractivity contribution is 0.0301. The minimum atomic E-state index is -0.264. The van der Waals surface area contributed by atoms with Crippen LogP contribution in [0.1, 0.15) is 64.4 Å². The van der Waals surface area contributed by atoms with Gasteiger partial charge in [0, 0.05) is 0 Å². The molecule has 3 nitrogen and oxygen atoms in total. The van der Waals surface area contributed by atoms with Crippen LogP contribution in [-0.2, 0) is 15.9 Å². The molecule has 1 atom stereocenters. The van der Waals surface area contributed by atoms with E-state index in [0.29, 0.717) is 26.4 Å². The predicted molar refractivity (Wildman–Crippen MR) is 106 cm³/mol. The first kappa shape index (κ1) is 22.3. The first-order chi connectivity index (χ1) is 12.2. The van der Waals surface area contributed by atoms with Crippen LogP contribution in [0, 0.1) is 0 Å². The maximum atomic E-state index is 5.68. The van der Waals surface area contributed by atoms with Crippen molar-refractivity contribution in [3.05, 3.63) is 29.8 Å². The van der Waals surface area contributed by atoms with Crippen molar-refractivity contribution in [2.75, 3.05) is 26.4 Å². The Labute approximate surface area is 159 Å². The van der Waals surface area contributed by atoms with Crippen LogP contribution in [0.5, 0.6) is 5.75 Å². The van der Waals surface area contributed by atoms with Crippen LogP contribution in [0.2, 0.25) is 0 Å². The second kappa shape index (κ2) is 15.5. The number of ether oxygens (including phenoxy) is 3. The van der Waals surface area contributed by atoms with E-state index in [1.165, 1.54) is 50.5 Å². The summed E-state index contributed by atoms with van der Waals surface area (Å²) < 4.78 is 16.3. The molecule has 0 spiro atoms. The zero-order chi connectivity index (χ0) is 18.2. The van der Waals surface area contributed by atoms with Crippen molar-refractivity contribution in [2.45, 2.75) is 70.8 Å². The monoisotopic (exact) mass is 370 g/mol. The molecule has 0 N–H and O–H groups in total. The van der Waals surface area contributed by atoms with Crippen LogP contribution >= 0.6 is 11.6 Å². The van der Waals surface area contributed by atoms with Crippen molar-refractivity contribution in [3.8, 4) is 5.75 Å². The Hall–Kier alpha value is -0.770.